The predicted octanol–water partition coefficient (Wildman–Crippen LogP) is -3.36. The van der Waals surface area contributed by atoms with E-state index in [4.69, 9.17) is 10.2 Å². The van der Waals surface area contributed by atoms with Gasteiger partial charge in [0.15, 0.2) is 0 Å². The third-order valence-corrected chi connectivity index (χ3v) is 2.93. The first kappa shape index (κ1) is 25.6. The Labute approximate surface area is 130 Å². The highest BCUT2D eigenvalue weighted by Gasteiger charge is 2.12. The SMILES string of the molecule is CNC1CNC1.CNC1CNC1.O.O.O=C(O)CCC(=O)O. The van der Waals surface area contributed by atoms with E-state index in [-0.39, 0.29) is 23.8 Å². The van der Waals surface area contributed by atoms with Gasteiger partial charge in [0.05, 0.1) is 12.8 Å². The van der Waals surface area contributed by atoms with Crippen LogP contribution in [0.2, 0.25) is 0 Å². The van der Waals surface area contributed by atoms with Gasteiger partial charge in [0.25, 0.3) is 0 Å². The molecule has 22 heavy (non-hydrogen) atoms. The van der Waals surface area contributed by atoms with Gasteiger partial charge >= 0.3 is 11.9 Å². The second-order valence-corrected chi connectivity index (χ2v) is 4.58. The minimum Gasteiger partial charge on any atom is -0.481 e. The van der Waals surface area contributed by atoms with E-state index in [9.17, 15) is 9.59 Å². The Morgan fingerprint density at radius 1 is 0.864 bits per heavy atom. The number of carbonyl (C=O) groups is 2. The Hall–Kier alpha value is -1.30. The van der Waals surface area contributed by atoms with E-state index in [2.05, 4.69) is 21.3 Å². The maximum atomic E-state index is 9.64. The lowest BCUT2D eigenvalue weighted by atomic mass is 10.2. The second kappa shape index (κ2) is 16.1. The van der Waals surface area contributed by atoms with E-state index >= 15 is 0 Å². The molecule has 0 spiro atoms. The smallest absolute Gasteiger partial charge is 0.303 e. The van der Waals surface area contributed by atoms with Crippen LogP contribution in [0.15, 0.2) is 0 Å². The van der Waals surface area contributed by atoms with Gasteiger partial charge in [-0.1, -0.05) is 0 Å². The van der Waals surface area contributed by atoms with Crippen molar-refractivity contribution in [3.63, 3.8) is 0 Å². The largest absolute Gasteiger partial charge is 0.481 e. The summed E-state index contributed by atoms with van der Waals surface area (Å²) in [6.07, 6.45) is -0.593. The van der Waals surface area contributed by atoms with E-state index in [1.54, 1.807) is 0 Å². The van der Waals surface area contributed by atoms with Crippen LogP contribution in [0, 0.1) is 0 Å². The molecule has 0 aromatic carbocycles. The number of hydrogen-bond acceptors (Lipinski definition) is 6. The standard InChI is InChI=1S/2C4H10N2.C4H6O4.2H2O/c2*1-5-4-2-6-3-4;5-3(6)1-2-4(7)8;;/h2*4-6H,2-3H2,1H3;1-2H2,(H,5,6)(H,7,8);2*1H2. The molecule has 0 aliphatic carbocycles. The first-order chi connectivity index (χ1) is 9.49. The highest BCUT2D eigenvalue weighted by molar-refractivity contribution is 5.75. The van der Waals surface area contributed by atoms with Gasteiger partial charge in [-0.15, -0.1) is 0 Å². The fraction of sp³-hybridized carbons (Fsp3) is 0.833. The van der Waals surface area contributed by atoms with Gasteiger partial charge in [0.1, 0.15) is 0 Å². The van der Waals surface area contributed by atoms with E-state index in [0.717, 1.165) is 38.3 Å². The number of likely N-dealkylation sites (N-methyl/N-ethyl adjacent to an activating group) is 2. The summed E-state index contributed by atoms with van der Waals surface area (Å²) in [4.78, 5) is 19.3. The summed E-state index contributed by atoms with van der Waals surface area (Å²) < 4.78 is 0. The number of carboxylic acid groups (broad SMARTS) is 2. The summed E-state index contributed by atoms with van der Waals surface area (Å²) in [5, 5.41) is 28.4. The van der Waals surface area contributed by atoms with Crippen molar-refractivity contribution in [2.75, 3.05) is 40.3 Å². The Bertz CT molecular complexity index is 251. The van der Waals surface area contributed by atoms with Crippen molar-refractivity contribution in [3.8, 4) is 0 Å². The Balaban J connectivity index is -0.000000237. The Morgan fingerprint density at radius 3 is 1.18 bits per heavy atom. The third kappa shape index (κ3) is 15.1. The lowest BCUT2D eigenvalue weighted by Gasteiger charge is -2.25. The Kier molecular flexibility index (Phi) is 18.7. The van der Waals surface area contributed by atoms with Crippen molar-refractivity contribution in [2.45, 2.75) is 24.9 Å². The molecule has 2 aliphatic rings. The molecular weight excluding hydrogens is 296 g/mol. The van der Waals surface area contributed by atoms with Crippen molar-refractivity contribution in [2.24, 2.45) is 0 Å². The lowest BCUT2D eigenvalue weighted by Crippen LogP contribution is -2.54. The van der Waals surface area contributed by atoms with Gasteiger partial charge in [0, 0.05) is 38.3 Å². The van der Waals surface area contributed by atoms with Crippen molar-refractivity contribution in [3.05, 3.63) is 0 Å². The van der Waals surface area contributed by atoms with Gasteiger partial charge in [-0.2, -0.15) is 0 Å². The molecule has 2 fully saturated rings. The minimum absolute atomic E-state index is 0. The van der Waals surface area contributed by atoms with Crippen LogP contribution in [0.4, 0.5) is 0 Å². The van der Waals surface area contributed by atoms with Gasteiger partial charge in [-0.05, 0) is 14.1 Å². The molecule has 0 aromatic heterocycles. The minimum atomic E-state index is -1.08. The highest BCUT2D eigenvalue weighted by Crippen LogP contribution is 1.86. The summed E-state index contributed by atoms with van der Waals surface area (Å²) in [5.74, 6) is -2.15. The zero-order chi connectivity index (χ0) is 15.4. The lowest BCUT2D eigenvalue weighted by molar-refractivity contribution is -0.143. The molecule has 2 aliphatic heterocycles. The third-order valence-electron chi connectivity index (χ3n) is 2.93. The van der Waals surface area contributed by atoms with Crippen LogP contribution in [0.25, 0.3) is 0 Å². The number of aliphatic carboxylic acids is 2. The monoisotopic (exact) mass is 326 g/mol. The van der Waals surface area contributed by atoms with Crippen LogP contribution in [-0.2, 0) is 9.59 Å². The molecule has 10 heteroatoms. The summed E-state index contributed by atoms with van der Waals surface area (Å²) in [7, 11) is 3.98. The summed E-state index contributed by atoms with van der Waals surface area (Å²) in [5.41, 5.74) is 0. The average molecular weight is 326 g/mol. The molecule has 134 valence electrons. The predicted molar refractivity (Wildman–Crippen MR) is 83.2 cm³/mol. The molecule has 0 atom stereocenters. The van der Waals surface area contributed by atoms with Crippen LogP contribution in [0.3, 0.4) is 0 Å². The van der Waals surface area contributed by atoms with Gasteiger partial charge in [-0.3, -0.25) is 9.59 Å². The Morgan fingerprint density at radius 2 is 1.14 bits per heavy atom. The van der Waals surface area contributed by atoms with E-state index in [0.29, 0.717) is 0 Å². The molecule has 2 saturated heterocycles. The van der Waals surface area contributed by atoms with Gasteiger partial charge in [-0.25, -0.2) is 0 Å². The molecule has 2 heterocycles. The number of rotatable bonds is 5. The molecule has 10 nitrogen and oxygen atoms in total. The van der Waals surface area contributed by atoms with Crippen LogP contribution < -0.4 is 21.3 Å². The molecule has 2 rings (SSSR count). The van der Waals surface area contributed by atoms with Gasteiger partial charge in [0.2, 0.25) is 0 Å². The average Bonchev–Trinajstić information content (AvgIpc) is 2.25. The highest BCUT2D eigenvalue weighted by atomic mass is 16.4. The van der Waals surface area contributed by atoms with E-state index in [1.807, 2.05) is 14.1 Å². The normalized spacial score (nSPS) is 15.9. The fourth-order valence-electron chi connectivity index (χ4n) is 1.20. The summed E-state index contributed by atoms with van der Waals surface area (Å²) >= 11 is 0. The van der Waals surface area contributed by atoms with Crippen molar-refractivity contribution >= 4 is 11.9 Å². The molecule has 10 N–H and O–H groups in total. The summed E-state index contributed by atoms with van der Waals surface area (Å²) in [6, 6.07) is 1.51. The van der Waals surface area contributed by atoms with E-state index in [1.165, 1.54) is 0 Å². The molecule has 0 radical (unpaired) electrons. The molecule has 0 saturated carbocycles. The number of carboxylic acids is 2. The molecular formula is C12H30N4O6. The molecule has 0 unspecified atom stereocenters. The zero-order valence-corrected chi connectivity index (χ0v) is 13.1. The van der Waals surface area contributed by atoms with Crippen molar-refractivity contribution < 1.29 is 30.8 Å². The zero-order valence-electron chi connectivity index (χ0n) is 13.1. The quantitative estimate of drug-likeness (QED) is 0.302. The first-order valence-corrected chi connectivity index (χ1v) is 6.69. The number of hydrogen-bond donors (Lipinski definition) is 6. The fourth-order valence-corrected chi connectivity index (χ4v) is 1.20. The van der Waals surface area contributed by atoms with Crippen LogP contribution in [0.5, 0.6) is 0 Å². The molecule has 0 aromatic rings. The maximum absolute atomic E-state index is 9.64. The topological polar surface area (TPSA) is 186 Å². The molecule has 0 amide bonds. The van der Waals surface area contributed by atoms with Crippen LogP contribution in [-0.4, -0.2) is 85.5 Å². The second-order valence-electron chi connectivity index (χ2n) is 4.58. The molecule has 0 bridgehead atoms. The van der Waals surface area contributed by atoms with Crippen molar-refractivity contribution in [1.29, 1.82) is 0 Å². The maximum Gasteiger partial charge on any atom is 0.303 e. The number of nitrogens with one attached hydrogen (secondary N) is 4. The summed E-state index contributed by atoms with van der Waals surface area (Å²) in [6.45, 7) is 4.60. The van der Waals surface area contributed by atoms with Gasteiger partial charge < -0.3 is 42.4 Å². The van der Waals surface area contributed by atoms with Crippen molar-refractivity contribution in [1.82, 2.24) is 21.3 Å². The van der Waals surface area contributed by atoms with E-state index < -0.39 is 11.9 Å². The van der Waals surface area contributed by atoms with Crippen LogP contribution >= 0.6 is 0 Å². The first-order valence-electron chi connectivity index (χ1n) is 6.69. The van der Waals surface area contributed by atoms with Crippen LogP contribution in [0.1, 0.15) is 12.8 Å².